The van der Waals surface area contributed by atoms with Gasteiger partial charge in [-0.2, -0.15) is 0 Å². The summed E-state index contributed by atoms with van der Waals surface area (Å²) in [7, 11) is 4.68. The number of nitrogens with zero attached hydrogens (tertiary/aromatic N) is 1. The molecule has 0 unspecified atom stereocenters. The summed E-state index contributed by atoms with van der Waals surface area (Å²) in [6.07, 6.45) is 1.76. The van der Waals surface area contributed by atoms with Crippen LogP contribution in [0.2, 0.25) is 0 Å². The summed E-state index contributed by atoms with van der Waals surface area (Å²) < 4.78 is 16.5. The standard InChI is InChI=1S/C15H17NO4S2/c1-5-16-14(17)13(22-15(16)21)7-9-6-11(19-3)12(20-4)8-10(9)18-2/h6-8H,5H2,1-4H3. The Morgan fingerprint density at radius 3 is 2.23 bits per heavy atom. The normalized spacial score (nSPS) is 16.4. The van der Waals surface area contributed by atoms with Crippen molar-refractivity contribution in [1.29, 1.82) is 0 Å². The van der Waals surface area contributed by atoms with E-state index in [4.69, 9.17) is 26.4 Å². The zero-order valence-electron chi connectivity index (χ0n) is 12.8. The molecule has 0 bridgehead atoms. The van der Waals surface area contributed by atoms with Crippen LogP contribution in [0.4, 0.5) is 0 Å². The van der Waals surface area contributed by atoms with Crippen LogP contribution < -0.4 is 14.2 Å². The molecule has 0 saturated carbocycles. The summed E-state index contributed by atoms with van der Waals surface area (Å²) in [4.78, 5) is 14.4. The van der Waals surface area contributed by atoms with Crippen molar-refractivity contribution in [3.05, 3.63) is 22.6 Å². The summed E-state index contributed by atoms with van der Waals surface area (Å²) in [5.74, 6) is 1.65. The minimum Gasteiger partial charge on any atom is -0.496 e. The number of carbonyl (C=O) groups excluding carboxylic acids is 1. The van der Waals surface area contributed by atoms with Crippen LogP contribution in [0.5, 0.6) is 17.2 Å². The number of ether oxygens (including phenoxy) is 3. The largest absolute Gasteiger partial charge is 0.496 e. The number of thioether (sulfide) groups is 1. The predicted octanol–water partition coefficient (Wildman–Crippen LogP) is 2.93. The summed E-state index contributed by atoms with van der Waals surface area (Å²) >= 11 is 6.50. The Morgan fingerprint density at radius 2 is 1.73 bits per heavy atom. The van der Waals surface area contributed by atoms with Crippen molar-refractivity contribution in [3.8, 4) is 17.2 Å². The lowest BCUT2D eigenvalue weighted by Crippen LogP contribution is -2.27. The van der Waals surface area contributed by atoms with Gasteiger partial charge in [-0.1, -0.05) is 24.0 Å². The number of methoxy groups -OCH3 is 3. The van der Waals surface area contributed by atoms with Crippen LogP contribution in [0.1, 0.15) is 12.5 Å². The molecule has 7 heteroatoms. The van der Waals surface area contributed by atoms with E-state index in [-0.39, 0.29) is 5.91 Å². The first-order valence-corrected chi connectivity index (χ1v) is 7.83. The van der Waals surface area contributed by atoms with Gasteiger partial charge in [0.05, 0.1) is 26.2 Å². The quantitative estimate of drug-likeness (QED) is 0.607. The Kier molecular flexibility index (Phi) is 5.31. The van der Waals surface area contributed by atoms with Crippen molar-refractivity contribution in [2.45, 2.75) is 6.92 Å². The molecule has 0 spiro atoms. The highest BCUT2D eigenvalue weighted by Crippen LogP contribution is 2.38. The maximum absolute atomic E-state index is 12.3. The molecule has 1 aliphatic rings. The summed E-state index contributed by atoms with van der Waals surface area (Å²) in [5.41, 5.74) is 0.733. The number of carbonyl (C=O) groups is 1. The minimum absolute atomic E-state index is 0.0886. The van der Waals surface area contributed by atoms with Gasteiger partial charge in [-0.15, -0.1) is 0 Å². The molecule has 1 fully saturated rings. The molecular weight excluding hydrogens is 322 g/mol. The molecule has 1 aromatic rings. The van der Waals surface area contributed by atoms with Gasteiger partial charge in [0, 0.05) is 18.2 Å². The molecule has 0 N–H and O–H groups in total. The van der Waals surface area contributed by atoms with E-state index in [9.17, 15) is 4.79 Å². The average molecular weight is 339 g/mol. The van der Waals surface area contributed by atoms with Gasteiger partial charge in [-0.3, -0.25) is 9.69 Å². The van der Waals surface area contributed by atoms with Gasteiger partial charge < -0.3 is 14.2 Å². The summed E-state index contributed by atoms with van der Waals surface area (Å²) in [6.45, 7) is 2.45. The molecule has 2 rings (SSSR count). The van der Waals surface area contributed by atoms with Gasteiger partial charge in [0.25, 0.3) is 5.91 Å². The maximum atomic E-state index is 12.3. The van der Waals surface area contributed by atoms with Crippen LogP contribution >= 0.6 is 24.0 Å². The minimum atomic E-state index is -0.0886. The lowest BCUT2D eigenvalue weighted by Gasteiger charge is -2.12. The Morgan fingerprint density at radius 1 is 1.14 bits per heavy atom. The van der Waals surface area contributed by atoms with Crippen molar-refractivity contribution in [1.82, 2.24) is 4.90 Å². The summed E-state index contributed by atoms with van der Waals surface area (Å²) in [5, 5.41) is 0. The van der Waals surface area contributed by atoms with Gasteiger partial charge in [0.2, 0.25) is 0 Å². The topological polar surface area (TPSA) is 48.0 Å². The second-order valence-electron chi connectivity index (χ2n) is 4.38. The van der Waals surface area contributed by atoms with Crippen LogP contribution in [0.3, 0.4) is 0 Å². The second kappa shape index (κ2) is 7.02. The Labute approximate surface area is 139 Å². The molecule has 1 heterocycles. The number of hydrogen-bond donors (Lipinski definition) is 0. The van der Waals surface area contributed by atoms with Gasteiger partial charge >= 0.3 is 0 Å². The van der Waals surface area contributed by atoms with E-state index in [1.54, 1.807) is 44.4 Å². The molecule has 5 nitrogen and oxygen atoms in total. The van der Waals surface area contributed by atoms with Crippen molar-refractivity contribution in [2.24, 2.45) is 0 Å². The molecule has 0 atom stereocenters. The molecule has 0 radical (unpaired) electrons. The van der Waals surface area contributed by atoms with E-state index in [1.807, 2.05) is 6.92 Å². The lowest BCUT2D eigenvalue weighted by atomic mass is 10.1. The Bertz CT molecular complexity index is 643. The molecule has 0 aromatic heterocycles. The first-order valence-electron chi connectivity index (χ1n) is 6.61. The van der Waals surface area contributed by atoms with E-state index in [1.165, 1.54) is 11.8 Å². The van der Waals surface area contributed by atoms with Crippen LogP contribution in [-0.4, -0.2) is 43.0 Å². The zero-order chi connectivity index (χ0) is 16.3. The maximum Gasteiger partial charge on any atom is 0.266 e. The third kappa shape index (κ3) is 3.05. The van der Waals surface area contributed by atoms with Gasteiger partial charge in [-0.05, 0) is 19.1 Å². The van der Waals surface area contributed by atoms with E-state index < -0.39 is 0 Å². The molecule has 1 amide bonds. The highest BCUT2D eigenvalue weighted by molar-refractivity contribution is 8.26. The fourth-order valence-electron chi connectivity index (χ4n) is 2.08. The molecule has 0 aliphatic carbocycles. The third-order valence-electron chi connectivity index (χ3n) is 3.21. The Balaban J connectivity index is 2.47. The lowest BCUT2D eigenvalue weighted by molar-refractivity contribution is -0.121. The zero-order valence-corrected chi connectivity index (χ0v) is 14.5. The van der Waals surface area contributed by atoms with Crippen molar-refractivity contribution in [3.63, 3.8) is 0 Å². The van der Waals surface area contributed by atoms with E-state index in [2.05, 4.69) is 0 Å². The first-order chi connectivity index (χ1) is 10.5. The van der Waals surface area contributed by atoms with E-state index >= 15 is 0 Å². The fourth-order valence-corrected chi connectivity index (χ4v) is 3.45. The number of rotatable bonds is 5. The number of benzene rings is 1. The molecule has 1 aromatic carbocycles. The van der Waals surface area contributed by atoms with Crippen molar-refractivity contribution < 1.29 is 19.0 Å². The van der Waals surface area contributed by atoms with Crippen LogP contribution in [0.25, 0.3) is 6.08 Å². The molecular formula is C15H17NO4S2. The van der Waals surface area contributed by atoms with Crippen LogP contribution in [-0.2, 0) is 4.79 Å². The van der Waals surface area contributed by atoms with E-state index in [0.717, 1.165) is 5.56 Å². The van der Waals surface area contributed by atoms with Gasteiger partial charge in [0.15, 0.2) is 11.5 Å². The average Bonchev–Trinajstić information content (AvgIpc) is 2.80. The molecule has 118 valence electrons. The van der Waals surface area contributed by atoms with Crippen molar-refractivity contribution >= 4 is 40.3 Å². The second-order valence-corrected chi connectivity index (χ2v) is 6.05. The van der Waals surface area contributed by atoms with Gasteiger partial charge in [0.1, 0.15) is 10.1 Å². The number of hydrogen-bond acceptors (Lipinski definition) is 6. The molecule has 22 heavy (non-hydrogen) atoms. The molecule has 1 saturated heterocycles. The number of likely N-dealkylation sites (N-methyl/N-ethyl adjacent to an activating group) is 1. The highest BCUT2D eigenvalue weighted by atomic mass is 32.2. The summed E-state index contributed by atoms with van der Waals surface area (Å²) in [6, 6.07) is 3.50. The third-order valence-corrected chi connectivity index (χ3v) is 4.59. The van der Waals surface area contributed by atoms with Crippen molar-refractivity contribution in [2.75, 3.05) is 27.9 Å². The van der Waals surface area contributed by atoms with Gasteiger partial charge in [-0.25, -0.2) is 0 Å². The smallest absolute Gasteiger partial charge is 0.266 e. The predicted molar refractivity (Wildman–Crippen MR) is 91.7 cm³/mol. The van der Waals surface area contributed by atoms with Crippen LogP contribution in [0, 0.1) is 0 Å². The fraction of sp³-hybridized carbons (Fsp3) is 0.333. The Hall–Kier alpha value is -1.73. The molecule has 1 aliphatic heterocycles. The van der Waals surface area contributed by atoms with Crippen LogP contribution in [0.15, 0.2) is 17.0 Å². The SMILES string of the molecule is CCN1C(=O)C(=Cc2cc(OC)c(OC)cc2OC)SC1=S. The number of amides is 1. The van der Waals surface area contributed by atoms with E-state index in [0.29, 0.717) is 33.0 Å². The highest BCUT2D eigenvalue weighted by Gasteiger charge is 2.31. The first kappa shape index (κ1) is 16.6. The number of thiocarbonyl (C=S) groups is 1. The monoisotopic (exact) mass is 339 g/mol.